The van der Waals surface area contributed by atoms with Crippen LogP contribution in [0.2, 0.25) is 5.02 Å². The van der Waals surface area contributed by atoms with Crippen molar-refractivity contribution in [3.63, 3.8) is 0 Å². The van der Waals surface area contributed by atoms with Crippen LogP contribution in [-0.2, 0) is 6.54 Å². The molecule has 0 aliphatic heterocycles. The predicted molar refractivity (Wildman–Crippen MR) is 83.3 cm³/mol. The summed E-state index contributed by atoms with van der Waals surface area (Å²) in [5, 5.41) is 4.29. The van der Waals surface area contributed by atoms with Crippen LogP contribution in [0.5, 0.6) is 0 Å². The van der Waals surface area contributed by atoms with E-state index in [0.717, 1.165) is 28.3 Å². The summed E-state index contributed by atoms with van der Waals surface area (Å²) >= 11 is 9.30. The number of hydrogen-bond donors (Lipinski definition) is 1. The van der Waals surface area contributed by atoms with Gasteiger partial charge < -0.3 is 5.32 Å². The minimum absolute atomic E-state index is 0.318. The van der Waals surface area contributed by atoms with Crippen LogP contribution in [-0.4, -0.2) is 4.98 Å². The third-order valence-corrected chi connectivity index (χ3v) is 3.68. The number of aromatic nitrogens is 1. The molecule has 0 saturated carbocycles. The number of pyridine rings is 1. The molecule has 2 nitrogen and oxygen atoms in total. The number of benzene rings is 1. The fourth-order valence-electron chi connectivity index (χ4n) is 1.97. The maximum absolute atomic E-state index is 5.91. The lowest BCUT2D eigenvalue weighted by atomic mass is 10.0. The second-order valence-corrected chi connectivity index (χ2v) is 5.59. The van der Waals surface area contributed by atoms with E-state index in [2.05, 4.69) is 45.3 Å². The summed E-state index contributed by atoms with van der Waals surface area (Å²) in [6, 6.07) is 14.3. The Morgan fingerprint density at radius 1 is 1.21 bits per heavy atom. The molecule has 1 aromatic heterocycles. The highest BCUT2D eigenvalue weighted by Crippen LogP contribution is 2.19. The first-order chi connectivity index (χ1) is 9.19. The molecule has 0 aliphatic carbocycles. The second kappa shape index (κ2) is 7.04. The average molecular weight is 340 g/mol. The van der Waals surface area contributed by atoms with E-state index < -0.39 is 0 Å². The molecular formula is C15H16BrClN2. The maximum atomic E-state index is 5.91. The SMILES string of the molecule is CCC(NCc1cccc(Br)n1)c1ccc(Cl)cc1. The van der Waals surface area contributed by atoms with Crippen LogP contribution in [0.4, 0.5) is 0 Å². The number of halogens is 2. The molecule has 0 spiro atoms. The van der Waals surface area contributed by atoms with E-state index in [1.165, 1.54) is 5.56 Å². The van der Waals surface area contributed by atoms with Crippen LogP contribution >= 0.6 is 27.5 Å². The second-order valence-electron chi connectivity index (χ2n) is 4.34. The highest BCUT2D eigenvalue weighted by Gasteiger charge is 2.08. The molecule has 1 unspecified atom stereocenters. The molecule has 0 aliphatic rings. The van der Waals surface area contributed by atoms with Crippen molar-refractivity contribution in [1.82, 2.24) is 10.3 Å². The predicted octanol–water partition coefficient (Wildman–Crippen LogP) is 4.74. The zero-order valence-electron chi connectivity index (χ0n) is 10.7. The summed E-state index contributed by atoms with van der Waals surface area (Å²) in [6.45, 7) is 2.92. The normalized spacial score (nSPS) is 12.4. The Hall–Kier alpha value is -0.900. The van der Waals surface area contributed by atoms with E-state index in [0.29, 0.717) is 6.04 Å². The summed E-state index contributed by atoms with van der Waals surface area (Å²) in [6.07, 6.45) is 1.02. The highest BCUT2D eigenvalue weighted by atomic mass is 79.9. The quantitative estimate of drug-likeness (QED) is 0.796. The van der Waals surface area contributed by atoms with E-state index in [-0.39, 0.29) is 0 Å². The maximum Gasteiger partial charge on any atom is 0.106 e. The van der Waals surface area contributed by atoms with E-state index in [1.807, 2.05) is 30.3 Å². The monoisotopic (exact) mass is 338 g/mol. The molecule has 0 saturated heterocycles. The van der Waals surface area contributed by atoms with Gasteiger partial charge in [0.2, 0.25) is 0 Å². The van der Waals surface area contributed by atoms with E-state index in [4.69, 9.17) is 11.6 Å². The minimum atomic E-state index is 0.318. The number of nitrogens with one attached hydrogen (secondary N) is 1. The van der Waals surface area contributed by atoms with Crippen molar-refractivity contribution in [1.29, 1.82) is 0 Å². The Labute approximate surface area is 127 Å². The zero-order valence-corrected chi connectivity index (χ0v) is 13.1. The van der Waals surface area contributed by atoms with E-state index >= 15 is 0 Å². The molecule has 100 valence electrons. The molecule has 0 bridgehead atoms. The molecule has 4 heteroatoms. The molecule has 19 heavy (non-hydrogen) atoms. The average Bonchev–Trinajstić information content (AvgIpc) is 2.41. The van der Waals surface area contributed by atoms with Crippen LogP contribution in [0.15, 0.2) is 47.1 Å². The van der Waals surface area contributed by atoms with Crippen LogP contribution in [0, 0.1) is 0 Å². The lowest BCUT2D eigenvalue weighted by Crippen LogP contribution is -2.20. The van der Waals surface area contributed by atoms with Gasteiger partial charge in [0.15, 0.2) is 0 Å². The van der Waals surface area contributed by atoms with Crippen LogP contribution in [0.1, 0.15) is 30.6 Å². The van der Waals surface area contributed by atoms with Crippen LogP contribution in [0.3, 0.4) is 0 Å². The molecule has 0 fully saturated rings. The van der Waals surface area contributed by atoms with Crippen LogP contribution in [0.25, 0.3) is 0 Å². The third kappa shape index (κ3) is 4.30. The van der Waals surface area contributed by atoms with Crippen molar-refractivity contribution in [2.24, 2.45) is 0 Å². The molecule has 0 radical (unpaired) electrons. The van der Waals surface area contributed by atoms with Gasteiger partial charge in [-0.3, -0.25) is 0 Å². The van der Waals surface area contributed by atoms with Gasteiger partial charge in [-0.15, -0.1) is 0 Å². The molecule has 2 aromatic rings. The van der Waals surface area contributed by atoms with E-state index in [1.54, 1.807) is 0 Å². The van der Waals surface area contributed by atoms with Gasteiger partial charge in [0.05, 0.1) is 5.69 Å². The molecule has 1 atom stereocenters. The Kier molecular flexibility index (Phi) is 5.37. The Bertz CT molecular complexity index is 528. The number of nitrogens with zero attached hydrogens (tertiary/aromatic N) is 1. The summed E-state index contributed by atoms with van der Waals surface area (Å²) in [7, 11) is 0. The summed E-state index contributed by atoms with van der Waals surface area (Å²) in [5.74, 6) is 0. The highest BCUT2D eigenvalue weighted by molar-refractivity contribution is 9.10. The first kappa shape index (κ1) is 14.5. The summed E-state index contributed by atoms with van der Waals surface area (Å²) < 4.78 is 0.867. The Morgan fingerprint density at radius 3 is 2.58 bits per heavy atom. The molecule has 1 aromatic carbocycles. The Balaban J connectivity index is 2.01. The summed E-state index contributed by atoms with van der Waals surface area (Å²) in [4.78, 5) is 4.42. The fraction of sp³-hybridized carbons (Fsp3) is 0.267. The van der Waals surface area contributed by atoms with Crippen molar-refractivity contribution in [3.8, 4) is 0 Å². The van der Waals surface area contributed by atoms with Gasteiger partial charge in [-0.05, 0) is 52.2 Å². The topological polar surface area (TPSA) is 24.9 Å². The van der Waals surface area contributed by atoms with Crippen molar-refractivity contribution >= 4 is 27.5 Å². The van der Waals surface area contributed by atoms with Gasteiger partial charge in [0.25, 0.3) is 0 Å². The molecular weight excluding hydrogens is 324 g/mol. The largest absolute Gasteiger partial charge is 0.304 e. The van der Waals surface area contributed by atoms with Crippen molar-refractivity contribution in [2.75, 3.05) is 0 Å². The Morgan fingerprint density at radius 2 is 1.95 bits per heavy atom. The summed E-state index contributed by atoms with van der Waals surface area (Å²) in [5.41, 5.74) is 2.28. The standard InChI is InChI=1S/C15H16BrClN2/c1-2-14(11-6-8-12(17)9-7-11)18-10-13-4-3-5-15(16)19-13/h3-9,14,18H,2,10H2,1H3. The van der Waals surface area contributed by atoms with Gasteiger partial charge in [-0.25, -0.2) is 4.98 Å². The van der Waals surface area contributed by atoms with Gasteiger partial charge in [0, 0.05) is 17.6 Å². The zero-order chi connectivity index (χ0) is 13.7. The van der Waals surface area contributed by atoms with Crippen molar-refractivity contribution in [3.05, 3.63) is 63.3 Å². The van der Waals surface area contributed by atoms with Gasteiger partial charge in [-0.1, -0.05) is 36.7 Å². The molecule has 0 amide bonds. The third-order valence-electron chi connectivity index (χ3n) is 2.98. The smallest absolute Gasteiger partial charge is 0.106 e. The van der Waals surface area contributed by atoms with Gasteiger partial charge in [-0.2, -0.15) is 0 Å². The first-order valence-electron chi connectivity index (χ1n) is 6.29. The van der Waals surface area contributed by atoms with Gasteiger partial charge in [0.1, 0.15) is 4.60 Å². The molecule has 2 rings (SSSR count). The van der Waals surface area contributed by atoms with Crippen molar-refractivity contribution in [2.45, 2.75) is 25.9 Å². The van der Waals surface area contributed by atoms with Gasteiger partial charge >= 0.3 is 0 Å². The minimum Gasteiger partial charge on any atom is -0.304 e. The lowest BCUT2D eigenvalue weighted by molar-refractivity contribution is 0.514. The fourth-order valence-corrected chi connectivity index (χ4v) is 2.48. The van der Waals surface area contributed by atoms with E-state index in [9.17, 15) is 0 Å². The van der Waals surface area contributed by atoms with Crippen molar-refractivity contribution < 1.29 is 0 Å². The number of rotatable bonds is 5. The molecule has 1 heterocycles. The first-order valence-corrected chi connectivity index (χ1v) is 7.46. The lowest BCUT2D eigenvalue weighted by Gasteiger charge is -2.17. The van der Waals surface area contributed by atoms with Crippen LogP contribution < -0.4 is 5.32 Å². The number of hydrogen-bond acceptors (Lipinski definition) is 2. The molecule has 1 N–H and O–H groups in total.